The van der Waals surface area contributed by atoms with Gasteiger partial charge in [-0.2, -0.15) is 0 Å². The molecule has 1 aliphatic rings. The molecule has 0 radical (unpaired) electrons. The van der Waals surface area contributed by atoms with E-state index in [1.807, 2.05) is 6.07 Å². The van der Waals surface area contributed by atoms with Crippen molar-refractivity contribution >= 4 is 17.3 Å². The largest absolute Gasteiger partial charge is 0.381 e. The summed E-state index contributed by atoms with van der Waals surface area (Å²) >= 11 is 6.19. The molecule has 3 aromatic carbocycles. The molecule has 0 amide bonds. The molecule has 0 aromatic heterocycles. The van der Waals surface area contributed by atoms with Crippen LogP contribution >= 0.6 is 11.6 Å². The van der Waals surface area contributed by atoms with Gasteiger partial charge in [0.15, 0.2) is 0 Å². The van der Waals surface area contributed by atoms with Crippen molar-refractivity contribution in [1.29, 1.82) is 0 Å². The average molecular weight is 306 g/mol. The highest BCUT2D eigenvalue weighted by Crippen LogP contribution is 2.34. The zero-order valence-corrected chi connectivity index (χ0v) is 12.9. The van der Waals surface area contributed by atoms with E-state index in [1.165, 1.54) is 33.5 Å². The van der Waals surface area contributed by atoms with E-state index in [0.717, 1.165) is 18.0 Å². The molecule has 0 bridgehead atoms. The van der Waals surface area contributed by atoms with Crippen LogP contribution in [0.15, 0.2) is 66.7 Å². The fourth-order valence-electron chi connectivity index (χ4n) is 3.14. The molecular formula is C20H16ClN. The monoisotopic (exact) mass is 305 g/mol. The standard InChI is InChI=1S/C20H16ClN/c21-17-10-9-15-13-22-20-8-4-7-18(14-5-2-1-3-6-14)19(20)12-16(15)11-17/h1-11,22H,12-13H2. The van der Waals surface area contributed by atoms with E-state index in [4.69, 9.17) is 11.6 Å². The summed E-state index contributed by atoms with van der Waals surface area (Å²) in [6.45, 7) is 0.845. The maximum absolute atomic E-state index is 6.19. The van der Waals surface area contributed by atoms with Gasteiger partial charge in [-0.3, -0.25) is 0 Å². The van der Waals surface area contributed by atoms with Gasteiger partial charge < -0.3 is 5.32 Å². The molecule has 0 atom stereocenters. The summed E-state index contributed by atoms with van der Waals surface area (Å²) in [5.41, 5.74) is 7.73. The summed E-state index contributed by atoms with van der Waals surface area (Å²) in [6.07, 6.45) is 0.906. The summed E-state index contributed by atoms with van der Waals surface area (Å²) in [5, 5.41) is 4.37. The highest BCUT2D eigenvalue weighted by molar-refractivity contribution is 6.30. The molecule has 0 unspecified atom stereocenters. The van der Waals surface area contributed by atoms with E-state index in [0.29, 0.717) is 0 Å². The summed E-state index contributed by atoms with van der Waals surface area (Å²) in [4.78, 5) is 0. The first-order chi connectivity index (χ1) is 10.8. The molecule has 1 heterocycles. The van der Waals surface area contributed by atoms with E-state index in [1.54, 1.807) is 0 Å². The summed E-state index contributed by atoms with van der Waals surface area (Å²) < 4.78 is 0. The Morgan fingerprint density at radius 2 is 1.68 bits per heavy atom. The van der Waals surface area contributed by atoms with Gasteiger partial charge in [-0.05, 0) is 46.0 Å². The molecule has 3 aromatic rings. The first-order valence-electron chi connectivity index (χ1n) is 7.50. The molecule has 1 N–H and O–H groups in total. The molecule has 1 nitrogen and oxygen atoms in total. The molecule has 22 heavy (non-hydrogen) atoms. The Bertz CT molecular complexity index is 824. The summed E-state index contributed by atoms with van der Waals surface area (Å²) in [7, 11) is 0. The predicted octanol–water partition coefficient (Wildman–Crippen LogP) is 5.52. The quantitative estimate of drug-likeness (QED) is 0.624. The van der Waals surface area contributed by atoms with Gasteiger partial charge >= 0.3 is 0 Å². The maximum Gasteiger partial charge on any atom is 0.0409 e. The van der Waals surface area contributed by atoms with Crippen LogP contribution in [0.3, 0.4) is 0 Å². The Hall–Kier alpha value is -2.25. The summed E-state index contributed by atoms with van der Waals surface area (Å²) in [6, 6.07) is 23.2. The third-order valence-electron chi connectivity index (χ3n) is 4.27. The van der Waals surface area contributed by atoms with E-state index >= 15 is 0 Å². The van der Waals surface area contributed by atoms with Crippen LogP contribution in [0, 0.1) is 0 Å². The van der Waals surface area contributed by atoms with Crippen LogP contribution in [0.1, 0.15) is 16.7 Å². The average Bonchev–Trinajstić information content (AvgIpc) is 2.74. The van der Waals surface area contributed by atoms with Crippen molar-refractivity contribution in [3.8, 4) is 11.1 Å². The molecule has 0 fully saturated rings. The topological polar surface area (TPSA) is 12.0 Å². The van der Waals surface area contributed by atoms with Gasteiger partial charge in [0.2, 0.25) is 0 Å². The van der Waals surface area contributed by atoms with Crippen molar-refractivity contribution < 1.29 is 0 Å². The molecule has 0 saturated carbocycles. The molecule has 4 rings (SSSR count). The van der Waals surface area contributed by atoms with Crippen LogP contribution in [0.25, 0.3) is 11.1 Å². The zero-order chi connectivity index (χ0) is 14.9. The third-order valence-corrected chi connectivity index (χ3v) is 4.50. The fraction of sp³-hybridized carbons (Fsp3) is 0.100. The number of hydrogen-bond acceptors (Lipinski definition) is 1. The van der Waals surface area contributed by atoms with Crippen molar-refractivity contribution in [2.24, 2.45) is 0 Å². The minimum absolute atomic E-state index is 0.805. The number of halogens is 1. The maximum atomic E-state index is 6.19. The van der Waals surface area contributed by atoms with Gasteiger partial charge in [0.1, 0.15) is 0 Å². The Labute approximate surface area is 135 Å². The van der Waals surface area contributed by atoms with Gasteiger partial charge in [-0.25, -0.2) is 0 Å². The van der Waals surface area contributed by atoms with Crippen LogP contribution in [-0.2, 0) is 13.0 Å². The number of fused-ring (bicyclic) bond motifs is 2. The molecule has 0 spiro atoms. The lowest BCUT2D eigenvalue weighted by Crippen LogP contribution is -1.99. The Balaban J connectivity index is 1.87. The number of rotatable bonds is 1. The van der Waals surface area contributed by atoms with Gasteiger partial charge in [-0.15, -0.1) is 0 Å². The fourth-order valence-corrected chi connectivity index (χ4v) is 3.34. The van der Waals surface area contributed by atoms with Crippen LogP contribution in [-0.4, -0.2) is 0 Å². The lowest BCUT2D eigenvalue weighted by atomic mass is 9.93. The molecule has 1 aliphatic heterocycles. The number of nitrogens with one attached hydrogen (secondary N) is 1. The van der Waals surface area contributed by atoms with Crippen LogP contribution in [0.4, 0.5) is 5.69 Å². The first-order valence-corrected chi connectivity index (χ1v) is 7.87. The van der Waals surface area contributed by atoms with Crippen molar-refractivity contribution in [2.75, 3.05) is 5.32 Å². The van der Waals surface area contributed by atoms with E-state index in [9.17, 15) is 0 Å². The molecule has 2 heteroatoms. The van der Waals surface area contributed by atoms with Crippen molar-refractivity contribution in [2.45, 2.75) is 13.0 Å². The second kappa shape index (κ2) is 5.51. The lowest BCUT2D eigenvalue weighted by Gasteiger charge is -2.13. The van der Waals surface area contributed by atoms with Gasteiger partial charge in [-0.1, -0.05) is 60.1 Å². The Kier molecular flexibility index (Phi) is 3.36. The highest BCUT2D eigenvalue weighted by Gasteiger charge is 2.16. The molecule has 108 valence electrons. The number of benzene rings is 3. The first kappa shape index (κ1) is 13.4. The summed E-state index contributed by atoms with van der Waals surface area (Å²) in [5.74, 6) is 0. The molecular weight excluding hydrogens is 290 g/mol. The Morgan fingerprint density at radius 1 is 0.818 bits per heavy atom. The van der Waals surface area contributed by atoms with E-state index in [2.05, 4.69) is 66.0 Å². The lowest BCUT2D eigenvalue weighted by molar-refractivity contribution is 1.12. The minimum Gasteiger partial charge on any atom is -0.381 e. The number of anilines is 1. The second-order valence-corrected chi connectivity index (χ2v) is 6.08. The van der Waals surface area contributed by atoms with Crippen LogP contribution in [0.2, 0.25) is 5.02 Å². The van der Waals surface area contributed by atoms with E-state index < -0.39 is 0 Å². The van der Waals surface area contributed by atoms with Crippen molar-refractivity contribution in [1.82, 2.24) is 0 Å². The Morgan fingerprint density at radius 3 is 2.55 bits per heavy atom. The smallest absolute Gasteiger partial charge is 0.0409 e. The third kappa shape index (κ3) is 2.38. The SMILES string of the molecule is Clc1ccc2c(c1)Cc1c(cccc1-c1ccccc1)NC2. The van der Waals surface area contributed by atoms with Crippen molar-refractivity contribution in [3.05, 3.63) is 88.4 Å². The molecule has 0 aliphatic carbocycles. The van der Waals surface area contributed by atoms with Crippen molar-refractivity contribution in [3.63, 3.8) is 0 Å². The van der Waals surface area contributed by atoms with Gasteiger partial charge in [0.25, 0.3) is 0 Å². The van der Waals surface area contributed by atoms with Gasteiger partial charge in [0, 0.05) is 23.7 Å². The number of hydrogen-bond donors (Lipinski definition) is 1. The molecule has 0 saturated heterocycles. The van der Waals surface area contributed by atoms with Crippen LogP contribution in [0.5, 0.6) is 0 Å². The van der Waals surface area contributed by atoms with E-state index in [-0.39, 0.29) is 0 Å². The minimum atomic E-state index is 0.805. The second-order valence-electron chi connectivity index (χ2n) is 5.64. The predicted molar refractivity (Wildman–Crippen MR) is 93.5 cm³/mol. The normalized spacial score (nSPS) is 12.8. The zero-order valence-electron chi connectivity index (χ0n) is 12.1. The van der Waals surface area contributed by atoms with Crippen LogP contribution < -0.4 is 5.32 Å². The highest BCUT2D eigenvalue weighted by atomic mass is 35.5. The van der Waals surface area contributed by atoms with Gasteiger partial charge in [0.05, 0.1) is 0 Å².